The van der Waals surface area contributed by atoms with Crippen LogP contribution in [0.2, 0.25) is 0 Å². The molecule has 0 unspecified atom stereocenters. The molecule has 2 aromatic heterocycles. The molecule has 0 amide bonds. The highest BCUT2D eigenvalue weighted by atomic mass is 19.4. The van der Waals surface area contributed by atoms with Crippen LogP contribution in [0.15, 0.2) is 54.9 Å². The molecule has 0 saturated heterocycles. The molecule has 0 aliphatic heterocycles. The van der Waals surface area contributed by atoms with E-state index >= 15 is 4.39 Å². The summed E-state index contributed by atoms with van der Waals surface area (Å²) < 4.78 is 55.7. The van der Waals surface area contributed by atoms with Crippen molar-refractivity contribution in [1.29, 1.82) is 0 Å². The zero-order valence-electron chi connectivity index (χ0n) is 17.8. The summed E-state index contributed by atoms with van der Waals surface area (Å²) in [5.41, 5.74) is 1.25. The Morgan fingerprint density at radius 1 is 1.09 bits per heavy atom. The summed E-state index contributed by atoms with van der Waals surface area (Å²) in [7, 11) is 0. The van der Waals surface area contributed by atoms with E-state index in [1.165, 1.54) is 35.1 Å². The van der Waals surface area contributed by atoms with Gasteiger partial charge >= 0.3 is 12.1 Å². The molecule has 2 aromatic carbocycles. The fraction of sp³-hybridized carbons (Fsp3) is 0.240. The third kappa shape index (κ3) is 3.91. The number of aromatic nitrogens is 3. The average Bonchev–Trinajstić information content (AvgIpc) is 3.48. The Bertz CT molecular complexity index is 1410. The maximum absolute atomic E-state index is 15.0. The number of benzene rings is 2. The molecular weight excluding hydrogens is 450 g/mol. The third-order valence-corrected chi connectivity index (χ3v) is 6.29. The average molecular weight is 469 g/mol. The van der Waals surface area contributed by atoms with Crippen LogP contribution in [-0.4, -0.2) is 25.8 Å². The Kier molecular flexibility index (Phi) is 5.34. The van der Waals surface area contributed by atoms with Gasteiger partial charge in [-0.05, 0) is 60.2 Å². The van der Waals surface area contributed by atoms with Crippen LogP contribution in [-0.2, 0) is 6.18 Å². The van der Waals surface area contributed by atoms with Crippen LogP contribution in [0.4, 0.5) is 17.6 Å². The van der Waals surface area contributed by atoms with Crippen LogP contribution in [0.3, 0.4) is 0 Å². The van der Waals surface area contributed by atoms with E-state index in [1.54, 1.807) is 6.07 Å². The molecule has 1 fully saturated rings. The van der Waals surface area contributed by atoms with Crippen molar-refractivity contribution < 1.29 is 27.5 Å². The van der Waals surface area contributed by atoms with Gasteiger partial charge in [0.05, 0.1) is 29.2 Å². The second-order valence-corrected chi connectivity index (χ2v) is 8.43. The van der Waals surface area contributed by atoms with Gasteiger partial charge in [0.15, 0.2) is 5.82 Å². The molecular formula is C25H19F4N3O2. The Morgan fingerprint density at radius 3 is 2.56 bits per heavy atom. The Labute approximate surface area is 191 Å². The summed E-state index contributed by atoms with van der Waals surface area (Å²) >= 11 is 0. The van der Waals surface area contributed by atoms with E-state index < -0.39 is 23.5 Å². The molecule has 0 bridgehead atoms. The number of nitrogens with zero attached hydrogens (tertiary/aromatic N) is 3. The maximum atomic E-state index is 15.0. The molecule has 4 aromatic rings. The number of hydrogen-bond acceptors (Lipinski definition) is 3. The zero-order valence-corrected chi connectivity index (χ0v) is 17.8. The number of hydrogen-bond donors (Lipinski definition) is 1. The number of halogens is 4. The zero-order chi connectivity index (χ0) is 24.0. The number of carbonyl (C=O) groups is 1. The van der Waals surface area contributed by atoms with Crippen LogP contribution in [0.1, 0.15) is 53.1 Å². The summed E-state index contributed by atoms with van der Waals surface area (Å²) in [5, 5.41) is 14.0. The van der Waals surface area contributed by atoms with Crippen LogP contribution in [0.5, 0.6) is 0 Å². The molecule has 0 atom stereocenters. The standard InChI is InChI=1S/C25H19F4N3O2/c26-20-12-30-21-13-32(17-7-3-6-16(11-17)25(27,28)29)31-23(21)22(20)15-8-9-18(24(33)34)19(10-15)14-4-1-2-5-14/h3,6-14H,1-2,4-5H2,(H,33,34). The fourth-order valence-electron chi connectivity index (χ4n) is 4.66. The van der Waals surface area contributed by atoms with E-state index in [0.29, 0.717) is 16.6 Å². The molecule has 9 heteroatoms. The number of carboxylic acids is 1. The van der Waals surface area contributed by atoms with Crippen molar-refractivity contribution in [2.24, 2.45) is 0 Å². The number of aromatic carboxylic acids is 1. The van der Waals surface area contributed by atoms with Gasteiger partial charge in [0.1, 0.15) is 11.0 Å². The van der Waals surface area contributed by atoms with Crippen molar-refractivity contribution in [2.45, 2.75) is 37.8 Å². The summed E-state index contributed by atoms with van der Waals surface area (Å²) in [4.78, 5) is 15.8. The third-order valence-electron chi connectivity index (χ3n) is 6.29. The minimum absolute atomic E-state index is 0.0779. The lowest BCUT2D eigenvalue weighted by Crippen LogP contribution is -2.06. The monoisotopic (exact) mass is 469 g/mol. The Balaban J connectivity index is 1.65. The molecule has 5 nitrogen and oxygen atoms in total. The highest BCUT2D eigenvalue weighted by Crippen LogP contribution is 2.39. The van der Waals surface area contributed by atoms with Gasteiger partial charge in [-0.25, -0.2) is 18.9 Å². The lowest BCUT2D eigenvalue weighted by Gasteiger charge is -2.15. The molecule has 34 heavy (non-hydrogen) atoms. The van der Waals surface area contributed by atoms with Crippen molar-refractivity contribution in [3.05, 3.63) is 77.4 Å². The first-order chi connectivity index (χ1) is 16.2. The van der Waals surface area contributed by atoms with Crippen molar-refractivity contribution in [3.8, 4) is 16.8 Å². The molecule has 2 heterocycles. The molecule has 174 valence electrons. The predicted molar refractivity (Wildman–Crippen MR) is 117 cm³/mol. The Morgan fingerprint density at radius 2 is 1.85 bits per heavy atom. The smallest absolute Gasteiger partial charge is 0.416 e. The maximum Gasteiger partial charge on any atom is 0.416 e. The molecule has 1 N–H and O–H groups in total. The van der Waals surface area contributed by atoms with Gasteiger partial charge in [-0.1, -0.05) is 25.0 Å². The van der Waals surface area contributed by atoms with Gasteiger partial charge < -0.3 is 5.11 Å². The minimum Gasteiger partial charge on any atom is -0.478 e. The molecule has 0 radical (unpaired) electrons. The van der Waals surface area contributed by atoms with E-state index in [4.69, 9.17) is 0 Å². The normalized spacial score (nSPS) is 14.7. The Hall–Kier alpha value is -3.75. The van der Waals surface area contributed by atoms with Crippen molar-refractivity contribution >= 4 is 17.0 Å². The molecule has 1 saturated carbocycles. The van der Waals surface area contributed by atoms with Crippen LogP contribution >= 0.6 is 0 Å². The molecule has 0 spiro atoms. The van der Waals surface area contributed by atoms with Crippen molar-refractivity contribution in [1.82, 2.24) is 14.8 Å². The van der Waals surface area contributed by atoms with Gasteiger partial charge in [0.2, 0.25) is 0 Å². The van der Waals surface area contributed by atoms with Crippen molar-refractivity contribution in [3.63, 3.8) is 0 Å². The van der Waals surface area contributed by atoms with Gasteiger partial charge in [-0.3, -0.25) is 0 Å². The van der Waals surface area contributed by atoms with E-state index in [0.717, 1.165) is 44.0 Å². The van der Waals surface area contributed by atoms with Gasteiger partial charge in [-0.15, -0.1) is 0 Å². The van der Waals surface area contributed by atoms with Gasteiger partial charge in [0.25, 0.3) is 0 Å². The minimum atomic E-state index is -4.51. The molecule has 1 aliphatic rings. The van der Waals surface area contributed by atoms with E-state index in [1.807, 2.05) is 0 Å². The number of rotatable bonds is 4. The first-order valence-electron chi connectivity index (χ1n) is 10.8. The van der Waals surface area contributed by atoms with E-state index in [9.17, 15) is 23.1 Å². The summed E-state index contributed by atoms with van der Waals surface area (Å²) in [6.07, 6.45) is 1.70. The van der Waals surface area contributed by atoms with Gasteiger partial charge in [0, 0.05) is 5.56 Å². The highest BCUT2D eigenvalue weighted by Gasteiger charge is 2.31. The summed E-state index contributed by atoms with van der Waals surface area (Å²) in [5.74, 6) is -1.61. The molecule has 5 rings (SSSR count). The summed E-state index contributed by atoms with van der Waals surface area (Å²) in [6, 6.07) is 9.37. The first kappa shape index (κ1) is 22.1. The largest absolute Gasteiger partial charge is 0.478 e. The second-order valence-electron chi connectivity index (χ2n) is 8.43. The van der Waals surface area contributed by atoms with Crippen LogP contribution in [0.25, 0.3) is 27.8 Å². The number of fused-ring (bicyclic) bond motifs is 1. The van der Waals surface area contributed by atoms with E-state index in [2.05, 4.69) is 10.1 Å². The van der Waals surface area contributed by atoms with Crippen LogP contribution in [0, 0.1) is 5.82 Å². The lowest BCUT2D eigenvalue weighted by atomic mass is 9.89. The number of carboxylic acid groups (broad SMARTS) is 1. The quantitative estimate of drug-likeness (QED) is 0.342. The SMILES string of the molecule is O=C(O)c1ccc(-c2c(F)cnc3cn(-c4cccc(C(F)(F)F)c4)nc23)cc1C1CCCC1. The number of alkyl halides is 3. The predicted octanol–water partition coefficient (Wildman–Crippen LogP) is 6.60. The lowest BCUT2D eigenvalue weighted by molar-refractivity contribution is -0.137. The fourth-order valence-corrected chi connectivity index (χ4v) is 4.66. The van der Waals surface area contributed by atoms with E-state index in [-0.39, 0.29) is 28.2 Å². The van der Waals surface area contributed by atoms with Gasteiger partial charge in [-0.2, -0.15) is 18.3 Å². The van der Waals surface area contributed by atoms with Crippen molar-refractivity contribution in [2.75, 3.05) is 0 Å². The first-order valence-corrected chi connectivity index (χ1v) is 10.8. The summed E-state index contributed by atoms with van der Waals surface area (Å²) in [6.45, 7) is 0. The second kappa shape index (κ2) is 8.23. The topological polar surface area (TPSA) is 68.0 Å². The number of pyridine rings is 1. The van der Waals surface area contributed by atoms with Crippen LogP contribution < -0.4 is 0 Å². The molecule has 1 aliphatic carbocycles. The highest BCUT2D eigenvalue weighted by molar-refractivity contribution is 5.94.